The van der Waals surface area contributed by atoms with Crippen LogP contribution in [-0.2, 0) is 0 Å². The van der Waals surface area contributed by atoms with Crippen LogP contribution in [0.25, 0.3) is 20.8 Å². The number of thiazole rings is 2. The number of nitro benzene ring substituents is 1. The van der Waals surface area contributed by atoms with Crippen LogP contribution in [0.1, 0.15) is 15.4 Å². The van der Waals surface area contributed by atoms with Gasteiger partial charge in [-0.2, -0.15) is 0 Å². The molecule has 1 N–H and O–H groups in total. The summed E-state index contributed by atoms with van der Waals surface area (Å²) in [6.45, 7) is 1.72. The second-order valence-electron chi connectivity index (χ2n) is 5.82. The first-order chi connectivity index (χ1) is 13.4. The summed E-state index contributed by atoms with van der Waals surface area (Å²) in [4.78, 5) is 32.2. The monoisotopic (exact) mass is 414 g/mol. The van der Waals surface area contributed by atoms with Crippen LogP contribution >= 0.6 is 22.7 Å². The van der Waals surface area contributed by atoms with Gasteiger partial charge < -0.3 is 0 Å². The molecule has 0 bridgehead atoms. The molecule has 2 heterocycles. The van der Waals surface area contributed by atoms with E-state index in [4.69, 9.17) is 0 Å². The van der Waals surface area contributed by atoms with Gasteiger partial charge in [0.2, 0.25) is 0 Å². The fraction of sp³-hybridized carbons (Fsp3) is 0.0556. The molecule has 0 aliphatic carbocycles. The SMILES string of the molecule is Cc1nc(-c2ccc(F)cc2)sc1C(=O)Nc1nc2ccc([N+](=O)[O-])cc2s1. The number of aromatic nitrogens is 2. The molecule has 0 spiro atoms. The highest BCUT2D eigenvalue weighted by molar-refractivity contribution is 7.22. The van der Waals surface area contributed by atoms with Gasteiger partial charge in [0.25, 0.3) is 11.6 Å². The topological polar surface area (TPSA) is 98.0 Å². The minimum Gasteiger partial charge on any atom is -0.297 e. The van der Waals surface area contributed by atoms with Crippen LogP contribution < -0.4 is 5.32 Å². The highest BCUT2D eigenvalue weighted by Gasteiger charge is 2.18. The summed E-state index contributed by atoms with van der Waals surface area (Å²) < 4.78 is 13.7. The number of nitrogens with one attached hydrogen (secondary N) is 1. The molecule has 7 nitrogen and oxygen atoms in total. The maximum absolute atomic E-state index is 13.1. The van der Waals surface area contributed by atoms with Crippen molar-refractivity contribution in [1.82, 2.24) is 9.97 Å². The number of hydrogen-bond acceptors (Lipinski definition) is 7. The van der Waals surface area contributed by atoms with Crippen LogP contribution in [0.15, 0.2) is 42.5 Å². The van der Waals surface area contributed by atoms with Crippen molar-refractivity contribution in [3.8, 4) is 10.6 Å². The van der Waals surface area contributed by atoms with Crippen LogP contribution in [0.3, 0.4) is 0 Å². The second kappa shape index (κ2) is 7.06. The third kappa shape index (κ3) is 3.47. The van der Waals surface area contributed by atoms with E-state index in [1.807, 2.05) is 0 Å². The summed E-state index contributed by atoms with van der Waals surface area (Å²) in [5.41, 5.74) is 1.81. The van der Waals surface area contributed by atoms with Gasteiger partial charge in [0.05, 0.1) is 20.8 Å². The minimum atomic E-state index is -0.477. The lowest BCUT2D eigenvalue weighted by Crippen LogP contribution is -2.11. The fourth-order valence-corrected chi connectivity index (χ4v) is 4.42. The summed E-state index contributed by atoms with van der Waals surface area (Å²) in [5, 5.41) is 14.6. The molecule has 0 saturated heterocycles. The minimum absolute atomic E-state index is 0.0312. The number of amides is 1. The Morgan fingerprint density at radius 3 is 2.61 bits per heavy atom. The summed E-state index contributed by atoms with van der Waals surface area (Å²) >= 11 is 2.36. The fourth-order valence-electron chi connectivity index (χ4n) is 2.56. The average Bonchev–Trinajstić information content (AvgIpc) is 3.24. The normalized spacial score (nSPS) is 10.9. The summed E-state index contributed by atoms with van der Waals surface area (Å²) in [7, 11) is 0. The number of carbonyl (C=O) groups excluding carboxylic acids is 1. The Labute approximate surface area is 165 Å². The molecule has 0 unspecified atom stereocenters. The van der Waals surface area contributed by atoms with Crippen molar-refractivity contribution in [2.75, 3.05) is 5.32 Å². The van der Waals surface area contributed by atoms with Gasteiger partial charge in [-0.25, -0.2) is 14.4 Å². The Hall–Kier alpha value is -3.24. The first kappa shape index (κ1) is 18.1. The third-order valence-electron chi connectivity index (χ3n) is 3.90. The summed E-state index contributed by atoms with van der Waals surface area (Å²) in [5.74, 6) is -0.706. The average molecular weight is 414 g/mol. The quantitative estimate of drug-likeness (QED) is 0.373. The molecule has 0 aliphatic rings. The molecule has 10 heteroatoms. The van der Waals surface area contributed by atoms with E-state index >= 15 is 0 Å². The predicted octanol–water partition coefficient (Wildman–Crippen LogP) is 5.03. The van der Waals surface area contributed by atoms with Crippen molar-refractivity contribution in [3.63, 3.8) is 0 Å². The molecule has 0 saturated carbocycles. The number of non-ortho nitro benzene ring substituents is 1. The molecule has 28 heavy (non-hydrogen) atoms. The lowest BCUT2D eigenvalue weighted by atomic mass is 10.2. The first-order valence-electron chi connectivity index (χ1n) is 8.00. The largest absolute Gasteiger partial charge is 0.297 e. The van der Waals surface area contributed by atoms with Crippen LogP contribution in [-0.4, -0.2) is 20.8 Å². The number of benzene rings is 2. The molecule has 0 aliphatic heterocycles. The smallest absolute Gasteiger partial charge is 0.270 e. The van der Waals surface area contributed by atoms with E-state index in [0.717, 1.165) is 16.9 Å². The van der Waals surface area contributed by atoms with Crippen molar-refractivity contribution in [3.05, 3.63) is 69.0 Å². The number of rotatable bonds is 4. The van der Waals surface area contributed by atoms with E-state index in [9.17, 15) is 19.3 Å². The predicted molar refractivity (Wildman–Crippen MR) is 106 cm³/mol. The molecule has 4 aromatic rings. The van der Waals surface area contributed by atoms with Crippen molar-refractivity contribution >= 4 is 49.6 Å². The number of aryl methyl sites for hydroxylation is 1. The molecule has 140 valence electrons. The third-order valence-corrected chi connectivity index (χ3v) is 6.04. The van der Waals surface area contributed by atoms with E-state index in [2.05, 4.69) is 15.3 Å². The number of anilines is 1. The molecule has 0 fully saturated rings. The molecule has 2 aromatic carbocycles. The number of nitrogens with zero attached hydrogens (tertiary/aromatic N) is 3. The van der Waals surface area contributed by atoms with Gasteiger partial charge in [-0.15, -0.1) is 11.3 Å². The molecular formula is C18H11FN4O3S2. The van der Waals surface area contributed by atoms with Crippen molar-refractivity contribution in [2.24, 2.45) is 0 Å². The van der Waals surface area contributed by atoms with Crippen LogP contribution in [0.5, 0.6) is 0 Å². The molecule has 2 aromatic heterocycles. The van der Waals surface area contributed by atoms with Gasteiger partial charge in [-0.1, -0.05) is 11.3 Å². The Morgan fingerprint density at radius 2 is 1.89 bits per heavy atom. The number of carbonyl (C=O) groups is 1. The number of hydrogen-bond donors (Lipinski definition) is 1. The second-order valence-corrected chi connectivity index (χ2v) is 7.85. The Morgan fingerprint density at radius 1 is 1.14 bits per heavy atom. The number of fused-ring (bicyclic) bond motifs is 1. The van der Waals surface area contributed by atoms with Crippen molar-refractivity contribution < 1.29 is 14.1 Å². The highest BCUT2D eigenvalue weighted by Crippen LogP contribution is 2.31. The number of halogens is 1. The van der Waals surface area contributed by atoms with Gasteiger partial charge in [-0.05, 0) is 37.3 Å². The standard InChI is InChI=1S/C18H11FN4O3S2/c1-9-15(28-17(20-9)10-2-4-11(19)5-3-10)16(24)22-18-21-13-7-6-12(23(25)26)8-14(13)27-18/h2-8H,1H3,(H,21,22,24). The Kier molecular flexibility index (Phi) is 4.57. The lowest BCUT2D eigenvalue weighted by molar-refractivity contribution is -0.384. The van der Waals surface area contributed by atoms with Gasteiger partial charge in [0, 0.05) is 17.7 Å². The molecule has 1 amide bonds. The molecule has 4 rings (SSSR count). The van der Waals surface area contributed by atoms with E-state index in [1.54, 1.807) is 25.1 Å². The van der Waals surface area contributed by atoms with Gasteiger partial charge in [0.1, 0.15) is 15.7 Å². The maximum atomic E-state index is 13.1. The van der Waals surface area contributed by atoms with Crippen LogP contribution in [0, 0.1) is 22.9 Å². The maximum Gasteiger partial charge on any atom is 0.270 e. The van der Waals surface area contributed by atoms with Crippen molar-refractivity contribution in [1.29, 1.82) is 0 Å². The number of nitro groups is 1. The highest BCUT2D eigenvalue weighted by atomic mass is 32.1. The van der Waals surface area contributed by atoms with Crippen molar-refractivity contribution in [2.45, 2.75) is 6.92 Å². The van der Waals surface area contributed by atoms with Gasteiger partial charge >= 0.3 is 0 Å². The van der Waals surface area contributed by atoms with E-state index in [-0.39, 0.29) is 17.4 Å². The zero-order valence-electron chi connectivity index (χ0n) is 14.3. The Balaban J connectivity index is 1.59. The molecule has 0 atom stereocenters. The van der Waals surface area contributed by atoms with Gasteiger partial charge in [-0.3, -0.25) is 20.2 Å². The van der Waals surface area contributed by atoms with E-state index in [0.29, 0.717) is 30.9 Å². The molecule has 0 radical (unpaired) electrons. The molecular weight excluding hydrogens is 403 g/mol. The van der Waals surface area contributed by atoms with E-state index < -0.39 is 4.92 Å². The summed E-state index contributed by atoms with van der Waals surface area (Å²) in [6.07, 6.45) is 0. The van der Waals surface area contributed by atoms with Crippen LogP contribution in [0.4, 0.5) is 15.2 Å². The first-order valence-corrected chi connectivity index (χ1v) is 9.64. The van der Waals surface area contributed by atoms with Gasteiger partial charge in [0.15, 0.2) is 5.13 Å². The van der Waals surface area contributed by atoms with E-state index in [1.165, 1.54) is 35.6 Å². The zero-order chi connectivity index (χ0) is 19.8. The zero-order valence-corrected chi connectivity index (χ0v) is 15.9. The lowest BCUT2D eigenvalue weighted by Gasteiger charge is -1.98. The summed E-state index contributed by atoms with van der Waals surface area (Å²) in [6, 6.07) is 10.2. The van der Waals surface area contributed by atoms with Crippen LogP contribution in [0.2, 0.25) is 0 Å². The Bertz CT molecular complexity index is 1220.